The van der Waals surface area contributed by atoms with E-state index in [1.807, 2.05) is 25.7 Å². The molecule has 1 saturated heterocycles. The van der Waals surface area contributed by atoms with Gasteiger partial charge in [0.05, 0.1) is 4.92 Å². The Labute approximate surface area is 139 Å². The molecule has 8 heteroatoms. The Bertz CT molecular complexity index is 607. The van der Waals surface area contributed by atoms with E-state index in [1.54, 1.807) is 11.0 Å². The summed E-state index contributed by atoms with van der Waals surface area (Å²) in [6.45, 7) is 7.60. The maximum Gasteiger partial charge on any atom is 0.410 e. The summed E-state index contributed by atoms with van der Waals surface area (Å²) in [7, 11) is 0. The number of nitro groups is 1. The lowest BCUT2D eigenvalue weighted by Gasteiger charge is -2.36. The van der Waals surface area contributed by atoms with Crippen molar-refractivity contribution in [2.24, 2.45) is 0 Å². The van der Waals surface area contributed by atoms with Crippen molar-refractivity contribution in [1.82, 2.24) is 4.90 Å². The van der Waals surface area contributed by atoms with Crippen LogP contribution >= 0.6 is 11.6 Å². The number of non-ortho nitro benzene ring substituents is 1. The third-order valence-electron chi connectivity index (χ3n) is 3.37. The Hall–Kier alpha value is -2.02. The highest BCUT2D eigenvalue weighted by Gasteiger charge is 2.26. The third-order valence-corrected chi connectivity index (χ3v) is 3.59. The van der Waals surface area contributed by atoms with E-state index in [9.17, 15) is 14.9 Å². The van der Waals surface area contributed by atoms with Gasteiger partial charge in [-0.3, -0.25) is 10.1 Å². The molecule has 0 N–H and O–H groups in total. The van der Waals surface area contributed by atoms with Gasteiger partial charge in [-0.05, 0) is 26.8 Å². The number of carbonyl (C=O) groups is 1. The number of rotatable bonds is 2. The lowest BCUT2D eigenvalue weighted by molar-refractivity contribution is -0.384. The Kier molecular flexibility index (Phi) is 4.99. The van der Waals surface area contributed by atoms with Gasteiger partial charge in [0, 0.05) is 49.0 Å². The van der Waals surface area contributed by atoms with Crippen LogP contribution in [0.1, 0.15) is 20.8 Å². The fourth-order valence-corrected chi connectivity index (χ4v) is 2.54. The van der Waals surface area contributed by atoms with Gasteiger partial charge < -0.3 is 14.5 Å². The third kappa shape index (κ3) is 4.72. The molecule has 7 nitrogen and oxygen atoms in total. The Morgan fingerprint density at radius 2 is 1.83 bits per heavy atom. The SMILES string of the molecule is CC(C)(C)OC(=O)N1CCN(c2cc(Cl)cc([N+](=O)[O-])c2)CC1. The first-order valence-corrected chi connectivity index (χ1v) is 7.71. The lowest BCUT2D eigenvalue weighted by Crippen LogP contribution is -2.50. The molecule has 1 aliphatic rings. The van der Waals surface area contributed by atoms with Crippen LogP contribution in [0.15, 0.2) is 18.2 Å². The topological polar surface area (TPSA) is 75.9 Å². The van der Waals surface area contributed by atoms with Crippen LogP contribution in [0, 0.1) is 10.1 Å². The first-order chi connectivity index (χ1) is 10.7. The summed E-state index contributed by atoms with van der Waals surface area (Å²) < 4.78 is 5.35. The summed E-state index contributed by atoms with van der Waals surface area (Å²) in [6, 6.07) is 4.51. The summed E-state index contributed by atoms with van der Waals surface area (Å²) >= 11 is 5.95. The minimum Gasteiger partial charge on any atom is -0.444 e. The molecule has 0 aromatic heterocycles. The van der Waals surface area contributed by atoms with E-state index in [1.165, 1.54) is 12.1 Å². The molecule has 1 fully saturated rings. The number of piperazine rings is 1. The zero-order valence-electron chi connectivity index (χ0n) is 13.4. The standard InChI is InChI=1S/C15H20ClN3O4/c1-15(2,3)23-14(20)18-6-4-17(5-7-18)12-8-11(16)9-13(10-12)19(21)22/h8-10H,4-7H2,1-3H3. The Balaban J connectivity index is 2.02. The zero-order valence-corrected chi connectivity index (χ0v) is 14.2. The van der Waals surface area contributed by atoms with E-state index in [-0.39, 0.29) is 11.8 Å². The molecule has 0 unspecified atom stereocenters. The van der Waals surface area contributed by atoms with Gasteiger partial charge in [0.15, 0.2) is 0 Å². The second-order valence-corrected chi connectivity index (χ2v) is 6.82. The van der Waals surface area contributed by atoms with Gasteiger partial charge in [-0.1, -0.05) is 11.6 Å². The normalized spacial score (nSPS) is 15.5. The van der Waals surface area contributed by atoms with Crippen molar-refractivity contribution in [3.05, 3.63) is 33.3 Å². The summed E-state index contributed by atoms with van der Waals surface area (Å²) in [6.07, 6.45) is -0.339. The quantitative estimate of drug-likeness (QED) is 0.609. The first kappa shape index (κ1) is 17.3. The van der Waals surface area contributed by atoms with Crippen LogP contribution in [0.3, 0.4) is 0 Å². The fourth-order valence-electron chi connectivity index (χ4n) is 2.32. The average Bonchev–Trinajstić information content (AvgIpc) is 2.45. The average molecular weight is 342 g/mol. The van der Waals surface area contributed by atoms with Gasteiger partial charge in [-0.25, -0.2) is 4.79 Å². The number of halogens is 1. The maximum atomic E-state index is 12.0. The number of benzene rings is 1. The molecule has 0 saturated carbocycles. The van der Waals surface area contributed by atoms with Gasteiger partial charge in [0.25, 0.3) is 5.69 Å². The molecule has 0 atom stereocenters. The van der Waals surface area contributed by atoms with Gasteiger partial charge >= 0.3 is 6.09 Å². The Morgan fingerprint density at radius 3 is 2.35 bits per heavy atom. The van der Waals surface area contributed by atoms with Crippen molar-refractivity contribution < 1.29 is 14.5 Å². The van der Waals surface area contributed by atoms with E-state index < -0.39 is 10.5 Å². The molecule has 1 amide bonds. The van der Waals surface area contributed by atoms with Crippen LogP contribution in [0.25, 0.3) is 0 Å². The highest BCUT2D eigenvalue weighted by atomic mass is 35.5. The molecule has 0 spiro atoms. The second kappa shape index (κ2) is 6.62. The molecule has 0 radical (unpaired) electrons. The minimum atomic E-state index is -0.526. The maximum absolute atomic E-state index is 12.0. The van der Waals surface area contributed by atoms with Crippen LogP contribution in [0.4, 0.5) is 16.2 Å². The molecule has 1 aromatic carbocycles. The number of amides is 1. The van der Waals surface area contributed by atoms with E-state index in [2.05, 4.69) is 0 Å². The predicted octanol–water partition coefficient (Wildman–Crippen LogP) is 3.31. The zero-order chi connectivity index (χ0) is 17.2. The van der Waals surface area contributed by atoms with Crippen molar-refractivity contribution >= 4 is 29.1 Å². The highest BCUT2D eigenvalue weighted by molar-refractivity contribution is 6.31. The first-order valence-electron chi connectivity index (χ1n) is 7.33. The molecule has 1 aromatic rings. The van der Waals surface area contributed by atoms with Crippen molar-refractivity contribution in [2.75, 3.05) is 31.1 Å². The highest BCUT2D eigenvalue weighted by Crippen LogP contribution is 2.27. The summed E-state index contributed by atoms with van der Waals surface area (Å²) in [5.74, 6) is 0. The molecule has 0 aliphatic carbocycles. The number of hydrogen-bond donors (Lipinski definition) is 0. The van der Waals surface area contributed by atoms with E-state index in [0.29, 0.717) is 36.9 Å². The van der Waals surface area contributed by atoms with Crippen molar-refractivity contribution in [2.45, 2.75) is 26.4 Å². The molecule has 2 rings (SSSR count). The second-order valence-electron chi connectivity index (χ2n) is 6.38. The number of nitro benzene ring substituents is 1. The predicted molar refractivity (Wildman–Crippen MR) is 88.1 cm³/mol. The van der Waals surface area contributed by atoms with Crippen molar-refractivity contribution in [1.29, 1.82) is 0 Å². The van der Waals surface area contributed by atoms with Crippen LogP contribution in [0.2, 0.25) is 5.02 Å². The number of nitrogens with zero attached hydrogens (tertiary/aromatic N) is 3. The smallest absolute Gasteiger partial charge is 0.410 e. The van der Waals surface area contributed by atoms with E-state index in [0.717, 1.165) is 0 Å². The van der Waals surface area contributed by atoms with E-state index >= 15 is 0 Å². The van der Waals surface area contributed by atoms with Crippen molar-refractivity contribution in [3.63, 3.8) is 0 Å². The molecular weight excluding hydrogens is 322 g/mol. The molecular formula is C15H20ClN3O4. The largest absolute Gasteiger partial charge is 0.444 e. The molecule has 126 valence electrons. The van der Waals surface area contributed by atoms with Crippen LogP contribution in [0.5, 0.6) is 0 Å². The number of hydrogen-bond acceptors (Lipinski definition) is 5. The molecule has 23 heavy (non-hydrogen) atoms. The summed E-state index contributed by atoms with van der Waals surface area (Å²) in [5, 5.41) is 11.2. The van der Waals surface area contributed by atoms with Crippen LogP contribution < -0.4 is 4.90 Å². The van der Waals surface area contributed by atoms with Gasteiger partial charge in [0.1, 0.15) is 5.60 Å². The Morgan fingerprint density at radius 1 is 1.22 bits per heavy atom. The number of carbonyl (C=O) groups excluding carboxylic acids is 1. The number of anilines is 1. The lowest BCUT2D eigenvalue weighted by atomic mass is 10.2. The summed E-state index contributed by atoms with van der Waals surface area (Å²) in [5.41, 5.74) is 0.122. The van der Waals surface area contributed by atoms with Gasteiger partial charge in [0.2, 0.25) is 0 Å². The van der Waals surface area contributed by atoms with E-state index in [4.69, 9.17) is 16.3 Å². The van der Waals surface area contributed by atoms with Gasteiger partial charge in [-0.15, -0.1) is 0 Å². The summed E-state index contributed by atoms with van der Waals surface area (Å²) in [4.78, 5) is 26.1. The van der Waals surface area contributed by atoms with Crippen LogP contribution in [-0.2, 0) is 4.74 Å². The molecule has 1 aliphatic heterocycles. The number of ether oxygens (including phenoxy) is 1. The monoisotopic (exact) mass is 341 g/mol. The fraction of sp³-hybridized carbons (Fsp3) is 0.533. The van der Waals surface area contributed by atoms with Gasteiger partial charge in [-0.2, -0.15) is 0 Å². The van der Waals surface area contributed by atoms with Crippen LogP contribution in [-0.4, -0.2) is 47.7 Å². The molecule has 0 bridgehead atoms. The molecule has 1 heterocycles. The van der Waals surface area contributed by atoms with Crippen molar-refractivity contribution in [3.8, 4) is 0 Å². The minimum absolute atomic E-state index is 0.0397.